The molecule has 1 unspecified atom stereocenters. The molecule has 0 saturated carbocycles. The summed E-state index contributed by atoms with van der Waals surface area (Å²) in [6.07, 6.45) is -3.29. The Hall–Kier alpha value is -3.95. The van der Waals surface area contributed by atoms with E-state index in [1.165, 1.54) is 12.3 Å². The lowest BCUT2D eigenvalue weighted by molar-refractivity contribution is -0.138. The molecule has 10 heteroatoms. The lowest BCUT2D eigenvalue weighted by atomic mass is 9.76. The maximum Gasteiger partial charge on any atom is 0.418 e. The largest absolute Gasteiger partial charge is 0.491 e. The lowest BCUT2D eigenvalue weighted by Crippen LogP contribution is -2.37. The number of hydrogen-bond donors (Lipinski definition) is 1. The molecule has 1 N–H and O–H groups in total. The highest BCUT2D eigenvalue weighted by Gasteiger charge is 2.56. The van der Waals surface area contributed by atoms with E-state index in [2.05, 4.69) is 10.3 Å². The summed E-state index contributed by atoms with van der Waals surface area (Å²) < 4.78 is 63.3. The zero-order chi connectivity index (χ0) is 23.5. The van der Waals surface area contributed by atoms with Gasteiger partial charge in [-0.3, -0.25) is 9.78 Å². The van der Waals surface area contributed by atoms with E-state index in [0.717, 1.165) is 6.07 Å². The molecular weight excluding hydrogens is 453 g/mol. The second-order valence-corrected chi connectivity index (χ2v) is 8.10. The van der Waals surface area contributed by atoms with Crippen molar-refractivity contribution in [1.29, 1.82) is 0 Å². The molecule has 1 spiro atoms. The SMILES string of the molecule is O=C1Nc2cccc(OCc3ncccc3C(F)(F)F)c2C12COc1cc3c(cc12)OCCO3. The lowest BCUT2D eigenvalue weighted by Gasteiger charge is -2.24. The summed E-state index contributed by atoms with van der Waals surface area (Å²) in [5.74, 6) is 1.45. The van der Waals surface area contributed by atoms with Crippen molar-refractivity contribution in [2.24, 2.45) is 0 Å². The minimum Gasteiger partial charge on any atom is -0.491 e. The molecule has 0 bridgehead atoms. The molecule has 174 valence electrons. The number of nitrogens with zero attached hydrogens (tertiary/aromatic N) is 1. The quantitative estimate of drug-likeness (QED) is 0.622. The fraction of sp³-hybridized carbons (Fsp3) is 0.250. The van der Waals surface area contributed by atoms with Crippen molar-refractivity contribution in [1.82, 2.24) is 4.98 Å². The first-order chi connectivity index (χ1) is 16.4. The van der Waals surface area contributed by atoms with E-state index in [9.17, 15) is 18.0 Å². The van der Waals surface area contributed by atoms with Gasteiger partial charge in [0.2, 0.25) is 5.91 Å². The molecule has 3 aliphatic heterocycles. The van der Waals surface area contributed by atoms with Crippen molar-refractivity contribution in [3.8, 4) is 23.0 Å². The number of carbonyl (C=O) groups excluding carboxylic acids is 1. The van der Waals surface area contributed by atoms with Crippen molar-refractivity contribution in [2.75, 3.05) is 25.1 Å². The smallest absolute Gasteiger partial charge is 0.418 e. The van der Waals surface area contributed by atoms with Crippen LogP contribution in [0.1, 0.15) is 22.4 Å². The van der Waals surface area contributed by atoms with Gasteiger partial charge >= 0.3 is 6.18 Å². The maximum absolute atomic E-state index is 13.4. The molecule has 7 nitrogen and oxygen atoms in total. The average molecular weight is 470 g/mol. The standard InChI is InChI=1S/C24H17F3N2O5/c25-24(26,27)13-3-2-6-28-16(13)11-33-17-5-1-4-15-21(17)23(22(30)29-15)12-34-18-10-20-19(9-14(18)23)31-7-8-32-20/h1-6,9-10H,7-8,11-12H2,(H,29,30). The highest BCUT2D eigenvalue weighted by Crippen LogP contribution is 2.55. The van der Waals surface area contributed by atoms with Gasteiger partial charge in [0.15, 0.2) is 11.5 Å². The molecule has 4 heterocycles. The van der Waals surface area contributed by atoms with Gasteiger partial charge < -0.3 is 24.3 Å². The first-order valence-electron chi connectivity index (χ1n) is 10.5. The zero-order valence-corrected chi connectivity index (χ0v) is 17.6. The van der Waals surface area contributed by atoms with Crippen LogP contribution in [0, 0.1) is 0 Å². The molecule has 1 atom stereocenters. The zero-order valence-electron chi connectivity index (χ0n) is 17.6. The third-order valence-corrected chi connectivity index (χ3v) is 6.20. The Bertz CT molecular complexity index is 1330. The number of fused-ring (bicyclic) bond motifs is 5. The van der Waals surface area contributed by atoms with Crippen molar-refractivity contribution in [3.05, 3.63) is 71.0 Å². The second kappa shape index (κ2) is 7.28. The van der Waals surface area contributed by atoms with Crippen LogP contribution in [0.4, 0.5) is 18.9 Å². The minimum absolute atomic E-state index is 0.00181. The van der Waals surface area contributed by atoms with E-state index in [1.54, 1.807) is 30.3 Å². The van der Waals surface area contributed by atoms with Crippen LogP contribution >= 0.6 is 0 Å². The summed E-state index contributed by atoms with van der Waals surface area (Å²) in [7, 11) is 0. The van der Waals surface area contributed by atoms with Crippen LogP contribution in [-0.2, 0) is 23.0 Å². The van der Waals surface area contributed by atoms with E-state index < -0.39 is 23.8 Å². The van der Waals surface area contributed by atoms with Gasteiger partial charge in [-0.15, -0.1) is 0 Å². The maximum atomic E-state index is 13.4. The molecule has 0 fully saturated rings. The summed E-state index contributed by atoms with van der Waals surface area (Å²) in [5.41, 5.74) is -0.774. The monoisotopic (exact) mass is 470 g/mol. The third-order valence-electron chi connectivity index (χ3n) is 6.20. The summed E-state index contributed by atoms with van der Waals surface area (Å²) in [6, 6.07) is 10.6. The molecule has 6 rings (SSSR count). The molecule has 3 aromatic rings. The third kappa shape index (κ3) is 2.98. The summed E-state index contributed by atoms with van der Waals surface area (Å²) >= 11 is 0. The van der Waals surface area contributed by atoms with E-state index in [0.29, 0.717) is 47.3 Å². The van der Waals surface area contributed by atoms with Crippen molar-refractivity contribution >= 4 is 11.6 Å². The predicted molar refractivity (Wildman–Crippen MR) is 112 cm³/mol. The Morgan fingerprint density at radius 2 is 1.82 bits per heavy atom. The molecule has 0 aliphatic carbocycles. The van der Waals surface area contributed by atoms with Gasteiger partial charge in [-0.05, 0) is 30.3 Å². The molecular formula is C24H17F3N2O5. The second-order valence-electron chi connectivity index (χ2n) is 8.10. The number of halogens is 3. The number of aromatic nitrogens is 1. The summed E-state index contributed by atoms with van der Waals surface area (Å²) in [4.78, 5) is 17.2. The van der Waals surface area contributed by atoms with E-state index in [1.807, 2.05) is 0 Å². The van der Waals surface area contributed by atoms with Gasteiger partial charge in [0.25, 0.3) is 0 Å². The van der Waals surface area contributed by atoms with Gasteiger partial charge in [0.05, 0.1) is 11.3 Å². The van der Waals surface area contributed by atoms with Crippen LogP contribution in [-0.4, -0.2) is 30.7 Å². The number of rotatable bonds is 3. The molecule has 34 heavy (non-hydrogen) atoms. The van der Waals surface area contributed by atoms with Crippen LogP contribution in [0.2, 0.25) is 0 Å². The number of anilines is 1. The number of ether oxygens (including phenoxy) is 4. The van der Waals surface area contributed by atoms with E-state index in [-0.39, 0.29) is 24.0 Å². The number of carbonyl (C=O) groups is 1. The van der Waals surface area contributed by atoms with Gasteiger partial charge in [0.1, 0.15) is 43.3 Å². The Morgan fingerprint density at radius 1 is 1.03 bits per heavy atom. The van der Waals surface area contributed by atoms with Crippen LogP contribution < -0.4 is 24.3 Å². The fourth-order valence-corrected chi connectivity index (χ4v) is 4.68. The van der Waals surface area contributed by atoms with E-state index >= 15 is 0 Å². The van der Waals surface area contributed by atoms with Crippen molar-refractivity contribution in [3.63, 3.8) is 0 Å². The topological polar surface area (TPSA) is 78.9 Å². The normalized spacial score (nSPS) is 19.9. The minimum atomic E-state index is -4.57. The number of nitrogens with one attached hydrogen (secondary N) is 1. The van der Waals surface area contributed by atoms with Gasteiger partial charge in [0, 0.05) is 29.1 Å². The summed E-state index contributed by atoms with van der Waals surface area (Å²) in [5, 5.41) is 2.86. The Balaban J connectivity index is 1.42. The Morgan fingerprint density at radius 3 is 2.62 bits per heavy atom. The van der Waals surface area contributed by atoms with Crippen LogP contribution in [0.15, 0.2) is 48.7 Å². The first-order valence-corrected chi connectivity index (χ1v) is 10.5. The molecule has 1 amide bonds. The van der Waals surface area contributed by atoms with Crippen molar-refractivity contribution < 1.29 is 36.9 Å². The molecule has 3 aliphatic rings. The Kier molecular flexibility index (Phi) is 4.42. The van der Waals surface area contributed by atoms with Crippen molar-refractivity contribution in [2.45, 2.75) is 18.2 Å². The van der Waals surface area contributed by atoms with Crippen LogP contribution in [0.5, 0.6) is 23.0 Å². The van der Waals surface area contributed by atoms with Gasteiger partial charge in [-0.25, -0.2) is 0 Å². The molecule has 1 aromatic heterocycles. The number of benzene rings is 2. The van der Waals surface area contributed by atoms with Crippen LogP contribution in [0.3, 0.4) is 0 Å². The summed E-state index contributed by atoms with van der Waals surface area (Å²) in [6.45, 7) is 0.362. The molecule has 0 radical (unpaired) electrons. The fourth-order valence-electron chi connectivity index (χ4n) is 4.68. The molecule has 2 aromatic carbocycles. The number of amides is 1. The number of alkyl halides is 3. The molecule has 0 saturated heterocycles. The van der Waals surface area contributed by atoms with Gasteiger partial charge in [-0.2, -0.15) is 13.2 Å². The number of pyridine rings is 1. The first kappa shape index (κ1) is 20.6. The van der Waals surface area contributed by atoms with Crippen LogP contribution in [0.25, 0.3) is 0 Å². The highest BCUT2D eigenvalue weighted by molar-refractivity contribution is 6.10. The Labute approximate surface area is 191 Å². The number of hydrogen-bond acceptors (Lipinski definition) is 6. The van der Waals surface area contributed by atoms with E-state index in [4.69, 9.17) is 18.9 Å². The van der Waals surface area contributed by atoms with Gasteiger partial charge in [-0.1, -0.05) is 6.07 Å². The average Bonchev–Trinajstić information content (AvgIpc) is 3.34. The highest BCUT2D eigenvalue weighted by atomic mass is 19.4. The predicted octanol–water partition coefficient (Wildman–Crippen LogP) is 4.08.